The molecule has 0 unspecified atom stereocenters. The summed E-state index contributed by atoms with van der Waals surface area (Å²) >= 11 is 0. The molecular weight excluding hydrogens is 258 g/mol. The number of hydrogen-bond donors (Lipinski definition) is 1. The van der Waals surface area contributed by atoms with Crippen LogP contribution in [-0.2, 0) is 7.05 Å². The van der Waals surface area contributed by atoms with E-state index in [-0.39, 0.29) is 5.56 Å². The van der Waals surface area contributed by atoms with Crippen molar-refractivity contribution in [2.45, 2.75) is 6.92 Å². The topological polar surface area (TPSA) is 83.3 Å². The van der Waals surface area contributed by atoms with Gasteiger partial charge in [-0.05, 0) is 13.0 Å². The van der Waals surface area contributed by atoms with Crippen molar-refractivity contribution in [3.8, 4) is 0 Å². The van der Waals surface area contributed by atoms with Gasteiger partial charge in [0.2, 0.25) is 0 Å². The predicted octanol–water partition coefficient (Wildman–Crippen LogP) is 0.329. The summed E-state index contributed by atoms with van der Waals surface area (Å²) in [5.74, 6) is 0.362. The van der Waals surface area contributed by atoms with Crippen LogP contribution in [0.5, 0.6) is 0 Å². The summed E-state index contributed by atoms with van der Waals surface area (Å²) in [6.07, 6.45) is 4.96. The smallest absolute Gasteiger partial charge is 0.292 e. The predicted molar refractivity (Wildman–Crippen MR) is 77.2 cm³/mol. The molecule has 0 atom stereocenters. The van der Waals surface area contributed by atoms with E-state index >= 15 is 0 Å². The van der Waals surface area contributed by atoms with Gasteiger partial charge in [0.05, 0.1) is 6.21 Å². The van der Waals surface area contributed by atoms with Crippen LogP contribution in [-0.4, -0.2) is 27.3 Å². The van der Waals surface area contributed by atoms with E-state index in [2.05, 4.69) is 15.1 Å². The number of rotatable bonds is 4. The molecule has 2 rings (SSSR count). The molecular formula is C13H15N5O2. The van der Waals surface area contributed by atoms with Crippen molar-refractivity contribution < 1.29 is 0 Å². The molecule has 2 heterocycles. The van der Waals surface area contributed by atoms with E-state index in [1.54, 1.807) is 24.7 Å². The van der Waals surface area contributed by atoms with Crippen LogP contribution in [0.15, 0.2) is 45.3 Å². The van der Waals surface area contributed by atoms with Crippen molar-refractivity contribution in [3.63, 3.8) is 0 Å². The Hall–Kier alpha value is -2.70. The molecule has 0 aliphatic carbocycles. The monoisotopic (exact) mass is 273 g/mol. The number of nitrogens with zero attached hydrogens (tertiary/aromatic N) is 4. The maximum atomic E-state index is 11.6. The van der Waals surface area contributed by atoms with Gasteiger partial charge < -0.3 is 0 Å². The molecule has 0 fully saturated rings. The van der Waals surface area contributed by atoms with Crippen LogP contribution < -0.4 is 16.3 Å². The molecule has 2 aromatic rings. The Morgan fingerprint density at radius 3 is 2.90 bits per heavy atom. The van der Waals surface area contributed by atoms with E-state index in [0.717, 1.165) is 10.1 Å². The normalized spacial score (nSPS) is 10.9. The van der Waals surface area contributed by atoms with E-state index in [1.165, 1.54) is 18.1 Å². The number of pyridine rings is 1. The third kappa shape index (κ3) is 3.00. The van der Waals surface area contributed by atoms with Crippen LogP contribution in [0.3, 0.4) is 0 Å². The van der Waals surface area contributed by atoms with Crippen LogP contribution in [0.4, 0.5) is 5.82 Å². The Labute approximate surface area is 115 Å². The Morgan fingerprint density at radius 1 is 1.50 bits per heavy atom. The van der Waals surface area contributed by atoms with Crippen molar-refractivity contribution in [3.05, 3.63) is 57.0 Å². The van der Waals surface area contributed by atoms with Crippen molar-refractivity contribution in [1.82, 2.24) is 14.5 Å². The average molecular weight is 273 g/mol. The van der Waals surface area contributed by atoms with Gasteiger partial charge in [-0.1, -0.05) is 6.07 Å². The number of hydrazone groups is 1. The number of H-pyrrole nitrogens is 1. The molecule has 0 spiro atoms. The minimum Gasteiger partial charge on any atom is -0.292 e. The summed E-state index contributed by atoms with van der Waals surface area (Å²) in [4.78, 5) is 29.8. The lowest BCUT2D eigenvalue weighted by Crippen LogP contribution is -2.34. The second kappa shape index (κ2) is 5.96. The largest absolute Gasteiger partial charge is 0.329 e. The van der Waals surface area contributed by atoms with Gasteiger partial charge >= 0.3 is 5.69 Å². The molecule has 0 bridgehead atoms. The fraction of sp³-hybridized carbons (Fsp3) is 0.231. The van der Waals surface area contributed by atoms with Crippen molar-refractivity contribution >= 4 is 12.0 Å². The van der Waals surface area contributed by atoms with Crippen LogP contribution >= 0.6 is 0 Å². The number of aromatic amines is 1. The minimum atomic E-state index is -0.470. The molecule has 2 aromatic heterocycles. The lowest BCUT2D eigenvalue weighted by Gasteiger charge is -2.16. The summed E-state index contributed by atoms with van der Waals surface area (Å²) in [5.41, 5.74) is -0.0153. The SMILES string of the molecule is CCN(N=Cc1cccnc1)c1cc(=O)n(C)c(=O)[nH]1. The molecule has 0 aliphatic heterocycles. The van der Waals surface area contributed by atoms with Gasteiger partial charge in [0.15, 0.2) is 0 Å². The van der Waals surface area contributed by atoms with Gasteiger partial charge in [0.25, 0.3) is 5.56 Å². The fourth-order valence-corrected chi connectivity index (χ4v) is 1.59. The van der Waals surface area contributed by atoms with Gasteiger partial charge in [0, 0.05) is 37.6 Å². The highest BCUT2D eigenvalue weighted by atomic mass is 16.2. The zero-order chi connectivity index (χ0) is 14.5. The number of aromatic nitrogens is 3. The molecule has 0 amide bonds. The Bertz CT molecular complexity index is 686. The summed E-state index contributed by atoms with van der Waals surface area (Å²) in [7, 11) is 1.42. The zero-order valence-corrected chi connectivity index (χ0v) is 11.3. The highest BCUT2D eigenvalue weighted by Gasteiger charge is 2.06. The molecule has 20 heavy (non-hydrogen) atoms. The molecule has 7 nitrogen and oxygen atoms in total. The highest BCUT2D eigenvalue weighted by molar-refractivity contribution is 5.79. The zero-order valence-electron chi connectivity index (χ0n) is 11.3. The lowest BCUT2D eigenvalue weighted by molar-refractivity contribution is 0.756. The van der Waals surface area contributed by atoms with Gasteiger partial charge in [-0.3, -0.25) is 19.3 Å². The minimum absolute atomic E-state index is 0.362. The first-order valence-corrected chi connectivity index (χ1v) is 6.13. The second-order valence-corrected chi connectivity index (χ2v) is 4.10. The fourth-order valence-electron chi connectivity index (χ4n) is 1.59. The van der Waals surface area contributed by atoms with E-state index in [4.69, 9.17) is 0 Å². The quantitative estimate of drug-likeness (QED) is 0.642. The second-order valence-electron chi connectivity index (χ2n) is 4.10. The summed E-state index contributed by atoms with van der Waals surface area (Å²) in [6.45, 7) is 2.39. The summed E-state index contributed by atoms with van der Waals surface area (Å²) in [6, 6.07) is 5.00. The van der Waals surface area contributed by atoms with Crippen LogP contribution in [0, 0.1) is 0 Å². The van der Waals surface area contributed by atoms with Crippen LogP contribution in [0.1, 0.15) is 12.5 Å². The number of nitrogens with one attached hydrogen (secondary N) is 1. The van der Waals surface area contributed by atoms with Gasteiger partial charge in [-0.2, -0.15) is 5.10 Å². The Kier molecular flexibility index (Phi) is 4.09. The third-order valence-corrected chi connectivity index (χ3v) is 2.74. The Morgan fingerprint density at radius 2 is 2.30 bits per heavy atom. The molecule has 0 saturated heterocycles. The molecule has 0 saturated carbocycles. The van der Waals surface area contributed by atoms with E-state index < -0.39 is 5.69 Å². The third-order valence-electron chi connectivity index (χ3n) is 2.74. The number of anilines is 1. The standard InChI is InChI=1S/C13H15N5O2/c1-3-18(15-9-10-5-4-6-14-8-10)11-7-12(19)17(2)13(20)16-11/h4-9H,3H2,1-2H3,(H,16,20). The molecule has 0 aliphatic rings. The van der Waals surface area contributed by atoms with Crippen molar-refractivity contribution in [2.75, 3.05) is 11.6 Å². The highest BCUT2D eigenvalue weighted by Crippen LogP contribution is 2.05. The molecule has 0 radical (unpaired) electrons. The Balaban J connectivity index is 2.32. The maximum absolute atomic E-state index is 11.6. The van der Waals surface area contributed by atoms with Crippen molar-refractivity contribution in [2.24, 2.45) is 12.1 Å². The first-order valence-electron chi connectivity index (χ1n) is 6.13. The lowest BCUT2D eigenvalue weighted by atomic mass is 10.3. The van der Waals surface area contributed by atoms with Crippen LogP contribution in [0.25, 0.3) is 0 Å². The van der Waals surface area contributed by atoms with E-state index in [9.17, 15) is 9.59 Å². The molecule has 7 heteroatoms. The first kappa shape index (κ1) is 13.7. The molecule has 1 N–H and O–H groups in total. The summed E-state index contributed by atoms with van der Waals surface area (Å²) in [5, 5.41) is 5.78. The van der Waals surface area contributed by atoms with Gasteiger partial charge in [-0.25, -0.2) is 9.80 Å². The maximum Gasteiger partial charge on any atom is 0.329 e. The van der Waals surface area contributed by atoms with Gasteiger partial charge in [0.1, 0.15) is 5.82 Å². The first-order chi connectivity index (χ1) is 9.61. The molecule has 104 valence electrons. The number of hydrogen-bond acceptors (Lipinski definition) is 5. The summed E-state index contributed by atoms with van der Waals surface area (Å²) < 4.78 is 1.00. The molecule has 0 aromatic carbocycles. The van der Waals surface area contributed by atoms with E-state index in [0.29, 0.717) is 12.4 Å². The average Bonchev–Trinajstić information content (AvgIpc) is 2.46. The van der Waals surface area contributed by atoms with Gasteiger partial charge in [-0.15, -0.1) is 0 Å². The van der Waals surface area contributed by atoms with E-state index in [1.807, 2.05) is 13.0 Å². The van der Waals surface area contributed by atoms with Crippen molar-refractivity contribution in [1.29, 1.82) is 0 Å². The van der Waals surface area contributed by atoms with Crippen LogP contribution in [0.2, 0.25) is 0 Å².